The Morgan fingerprint density at radius 2 is 1.56 bits per heavy atom. The summed E-state index contributed by atoms with van der Waals surface area (Å²) < 4.78 is 40.2. The zero-order valence-corrected chi connectivity index (χ0v) is 14.8. The van der Waals surface area contributed by atoms with Crippen molar-refractivity contribution in [2.24, 2.45) is 0 Å². The van der Waals surface area contributed by atoms with Crippen LogP contribution in [0.4, 0.5) is 4.39 Å². The summed E-state index contributed by atoms with van der Waals surface area (Å²) in [7, 11) is -3.92. The molecule has 0 spiro atoms. The number of amides is 1. The molecule has 1 heterocycles. The quantitative estimate of drug-likeness (QED) is 0.820. The highest BCUT2D eigenvalue weighted by molar-refractivity contribution is 7.89. The number of carbonyl (C=O) groups is 1. The van der Waals surface area contributed by atoms with Crippen LogP contribution in [0.1, 0.15) is 10.4 Å². The molecule has 1 aliphatic heterocycles. The van der Waals surface area contributed by atoms with Crippen LogP contribution in [0, 0.1) is 5.82 Å². The van der Waals surface area contributed by atoms with E-state index in [0.717, 1.165) is 6.07 Å². The van der Waals surface area contributed by atoms with E-state index in [1.54, 1.807) is 29.2 Å². The third-order valence-corrected chi connectivity index (χ3v) is 6.35. The molecule has 5 nitrogen and oxygen atoms in total. The van der Waals surface area contributed by atoms with Gasteiger partial charge >= 0.3 is 0 Å². The highest BCUT2D eigenvalue weighted by atomic mass is 35.5. The predicted molar refractivity (Wildman–Crippen MR) is 92.5 cm³/mol. The molecule has 0 N–H and O–H groups in total. The Hall–Kier alpha value is -1.96. The Bertz CT molecular complexity index is 896. The van der Waals surface area contributed by atoms with Crippen LogP contribution >= 0.6 is 11.6 Å². The van der Waals surface area contributed by atoms with Crippen LogP contribution < -0.4 is 0 Å². The van der Waals surface area contributed by atoms with Crippen molar-refractivity contribution in [3.05, 3.63) is 64.9 Å². The lowest BCUT2D eigenvalue weighted by molar-refractivity contribution is 0.0698. The minimum atomic E-state index is -3.92. The summed E-state index contributed by atoms with van der Waals surface area (Å²) in [6, 6.07) is 12.0. The topological polar surface area (TPSA) is 57.7 Å². The minimum absolute atomic E-state index is 0.104. The molecule has 0 radical (unpaired) electrons. The summed E-state index contributed by atoms with van der Waals surface area (Å²) in [6.45, 7) is 0.648. The third-order valence-electron chi connectivity index (χ3n) is 4.08. The van der Waals surface area contributed by atoms with E-state index in [9.17, 15) is 17.6 Å². The molecule has 0 atom stereocenters. The van der Waals surface area contributed by atoms with Crippen molar-refractivity contribution >= 4 is 27.5 Å². The molecule has 0 saturated carbocycles. The van der Waals surface area contributed by atoms with E-state index in [-0.39, 0.29) is 37.0 Å². The molecular weight excluding hydrogens is 367 g/mol. The summed E-state index contributed by atoms with van der Waals surface area (Å²) in [4.78, 5) is 13.7. The molecule has 0 aromatic heterocycles. The number of halogens is 2. The van der Waals surface area contributed by atoms with Gasteiger partial charge in [0.1, 0.15) is 10.7 Å². The van der Waals surface area contributed by atoms with Gasteiger partial charge in [-0.15, -0.1) is 0 Å². The first-order chi connectivity index (χ1) is 11.9. The fraction of sp³-hybridized carbons (Fsp3) is 0.235. The van der Waals surface area contributed by atoms with Crippen molar-refractivity contribution in [2.75, 3.05) is 26.2 Å². The van der Waals surface area contributed by atoms with E-state index in [2.05, 4.69) is 0 Å². The van der Waals surface area contributed by atoms with Crippen molar-refractivity contribution in [2.45, 2.75) is 4.90 Å². The average molecular weight is 383 g/mol. The van der Waals surface area contributed by atoms with Crippen LogP contribution in [0.2, 0.25) is 5.02 Å². The Morgan fingerprint density at radius 1 is 0.960 bits per heavy atom. The number of hydrogen-bond donors (Lipinski definition) is 0. The molecule has 0 unspecified atom stereocenters. The van der Waals surface area contributed by atoms with Crippen LogP contribution in [0.3, 0.4) is 0 Å². The first-order valence-corrected chi connectivity index (χ1v) is 9.51. The largest absolute Gasteiger partial charge is 0.336 e. The lowest BCUT2D eigenvalue weighted by atomic mass is 10.2. The first-order valence-electron chi connectivity index (χ1n) is 7.70. The van der Waals surface area contributed by atoms with Gasteiger partial charge in [-0.25, -0.2) is 12.8 Å². The molecule has 132 valence electrons. The molecule has 2 aromatic carbocycles. The maximum atomic E-state index is 13.8. The van der Waals surface area contributed by atoms with E-state index in [4.69, 9.17) is 11.6 Å². The summed E-state index contributed by atoms with van der Waals surface area (Å²) in [5.41, 5.74) is 0.384. The van der Waals surface area contributed by atoms with Gasteiger partial charge < -0.3 is 4.90 Å². The van der Waals surface area contributed by atoms with Gasteiger partial charge in [-0.2, -0.15) is 4.31 Å². The Labute approximate surface area is 150 Å². The maximum absolute atomic E-state index is 13.8. The Kier molecular flexibility index (Phi) is 5.08. The molecule has 25 heavy (non-hydrogen) atoms. The van der Waals surface area contributed by atoms with Gasteiger partial charge in [0, 0.05) is 26.2 Å². The summed E-state index contributed by atoms with van der Waals surface area (Å²) in [5, 5.41) is 0.355. The molecule has 8 heteroatoms. The van der Waals surface area contributed by atoms with Crippen molar-refractivity contribution in [3.63, 3.8) is 0 Å². The SMILES string of the molecule is O=C(c1ccccc1Cl)N1CCN(S(=O)(=O)c2ccccc2F)CC1. The zero-order valence-electron chi connectivity index (χ0n) is 13.2. The lowest BCUT2D eigenvalue weighted by Crippen LogP contribution is -2.50. The number of benzene rings is 2. The van der Waals surface area contributed by atoms with Gasteiger partial charge in [0.05, 0.1) is 10.6 Å². The third kappa shape index (κ3) is 3.53. The van der Waals surface area contributed by atoms with Crippen LogP contribution in [0.5, 0.6) is 0 Å². The molecule has 1 saturated heterocycles. The van der Waals surface area contributed by atoms with E-state index in [0.29, 0.717) is 10.6 Å². The fourth-order valence-corrected chi connectivity index (χ4v) is 4.43. The summed E-state index contributed by atoms with van der Waals surface area (Å²) in [6.07, 6.45) is 0. The minimum Gasteiger partial charge on any atom is -0.336 e. The smallest absolute Gasteiger partial charge is 0.255 e. The number of nitrogens with zero attached hydrogens (tertiary/aromatic N) is 2. The molecule has 1 aliphatic rings. The van der Waals surface area contributed by atoms with Crippen molar-refractivity contribution < 1.29 is 17.6 Å². The number of sulfonamides is 1. The van der Waals surface area contributed by atoms with Gasteiger partial charge in [-0.05, 0) is 24.3 Å². The maximum Gasteiger partial charge on any atom is 0.255 e. The highest BCUT2D eigenvalue weighted by Gasteiger charge is 2.32. The predicted octanol–water partition coefficient (Wildman–Crippen LogP) is 2.63. The molecule has 3 rings (SSSR count). The van der Waals surface area contributed by atoms with E-state index < -0.39 is 15.8 Å². The molecule has 2 aromatic rings. The van der Waals surface area contributed by atoms with Crippen LogP contribution in [0.25, 0.3) is 0 Å². The number of rotatable bonds is 3. The van der Waals surface area contributed by atoms with Gasteiger partial charge in [-0.1, -0.05) is 35.9 Å². The number of hydrogen-bond acceptors (Lipinski definition) is 3. The Morgan fingerprint density at radius 3 is 2.20 bits per heavy atom. The standard InChI is InChI=1S/C17H16ClFN2O3S/c18-14-6-2-1-5-13(14)17(22)20-9-11-21(12-10-20)25(23,24)16-8-4-3-7-15(16)19/h1-8H,9-12H2. The number of carbonyl (C=O) groups excluding carboxylic acids is 1. The lowest BCUT2D eigenvalue weighted by Gasteiger charge is -2.34. The zero-order chi connectivity index (χ0) is 18.0. The van der Waals surface area contributed by atoms with Gasteiger partial charge in [0.15, 0.2) is 0 Å². The van der Waals surface area contributed by atoms with Gasteiger partial charge in [0.25, 0.3) is 5.91 Å². The van der Waals surface area contributed by atoms with Crippen molar-refractivity contribution in [1.29, 1.82) is 0 Å². The summed E-state index contributed by atoms with van der Waals surface area (Å²) >= 11 is 6.04. The molecule has 0 bridgehead atoms. The van der Waals surface area contributed by atoms with Crippen molar-refractivity contribution in [3.8, 4) is 0 Å². The van der Waals surface area contributed by atoms with Crippen molar-refractivity contribution in [1.82, 2.24) is 9.21 Å². The normalized spacial score (nSPS) is 16.0. The monoisotopic (exact) mass is 382 g/mol. The Balaban J connectivity index is 1.73. The van der Waals surface area contributed by atoms with Gasteiger partial charge in [-0.3, -0.25) is 4.79 Å². The van der Waals surface area contributed by atoms with Crippen LogP contribution in [-0.2, 0) is 10.0 Å². The molecular formula is C17H16ClFN2O3S. The van der Waals surface area contributed by atoms with E-state index in [1.165, 1.54) is 22.5 Å². The second-order valence-corrected chi connectivity index (χ2v) is 7.92. The molecule has 0 aliphatic carbocycles. The molecule has 1 amide bonds. The van der Waals surface area contributed by atoms with E-state index in [1.807, 2.05) is 0 Å². The fourth-order valence-electron chi connectivity index (χ4n) is 2.73. The van der Waals surface area contributed by atoms with E-state index >= 15 is 0 Å². The first kappa shape index (κ1) is 17.8. The summed E-state index contributed by atoms with van der Waals surface area (Å²) in [5.74, 6) is -1.02. The van der Waals surface area contributed by atoms with Crippen LogP contribution in [0.15, 0.2) is 53.4 Å². The average Bonchev–Trinajstić information content (AvgIpc) is 2.62. The van der Waals surface area contributed by atoms with Crippen LogP contribution in [-0.4, -0.2) is 49.7 Å². The number of piperazine rings is 1. The highest BCUT2D eigenvalue weighted by Crippen LogP contribution is 2.22. The second-order valence-electron chi connectivity index (χ2n) is 5.61. The molecule has 1 fully saturated rings. The second kappa shape index (κ2) is 7.11. The van der Waals surface area contributed by atoms with Gasteiger partial charge in [0.2, 0.25) is 10.0 Å².